The molecule has 3 rings (SSSR count). The normalized spacial score (nSPS) is 16.3. The van der Waals surface area contributed by atoms with Crippen molar-refractivity contribution in [3.63, 3.8) is 0 Å². The SMILES string of the molecule is Cc1cn(-c2ccccc2)nc1O[C@@H](C)C(=O)NC1CCCC1. The van der Waals surface area contributed by atoms with Gasteiger partial charge >= 0.3 is 0 Å². The highest BCUT2D eigenvalue weighted by Gasteiger charge is 2.22. The van der Waals surface area contributed by atoms with Crippen molar-refractivity contribution < 1.29 is 9.53 Å². The molecular formula is C18H23N3O2. The van der Waals surface area contributed by atoms with Crippen LogP contribution in [0.2, 0.25) is 0 Å². The summed E-state index contributed by atoms with van der Waals surface area (Å²) in [7, 11) is 0. The van der Waals surface area contributed by atoms with Gasteiger partial charge in [0.1, 0.15) is 0 Å². The van der Waals surface area contributed by atoms with Crippen LogP contribution < -0.4 is 10.1 Å². The molecule has 23 heavy (non-hydrogen) atoms. The lowest BCUT2D eigenvalue weighted by molar-refractivity contribution is -0.128. The van der Waals surface area contributed by atoms with Gasteiger partial charge in [0.05, 0.1) is 5.69 Å². The van der Waals surface area contributed by atoms with E-state index in [4.69, 9.17) is 4.74 Å². The molecule has 1 amide bonds. The van der Waals surface area contributed by atoms with Crippen molar-refractivity contribution >= 4 is 5.91 Å². The first kappa shape index (κ1) is 15.6. The number of ether oxygens (including phenoxy) is 1. The van der Waals surface area contributed by atoms with E-state index in [-0.39, 0.29) is 5.91 Å². The van der Waals surface area contributed by atoms with Gasteiger partial charge in [-0.2, -0.15) is 0 Å². The van der Waals surface area contributed by atoms with Crippen molar-refractivity contribution in [3.8, 4) is 11.6 Å². The van der Waals surface area contributed by atoms with Crippen molar-refractivity contribution in [2.45, 2.75) is 51.7 Å². The minimum atomic E-state index is -0.548. The van der Waals surface area contributed by atoms with Crippen LogP contribution in [-0.4, -0.2) is 27.8 Å². The first-order valence-corrected chi connectivity index (χ1v) is 8.22. The highest BCUT2D eigenvalue weighted by molar-refractivity contribution is 5.81. The quantitative estimate of drug-likeness (QED) is 0.923. The predicted molar refractivity (Wildman–Crippen MR) is 88.8 cm³/mol. The van der Waals surface area contributed by atoms with Gasteiger partial charge in [0.2, 0.25) is 5.88 Å². The fourth-order valence-corrected chi connectivity index (χ4v) is 2.88. The van der Waals surface area contributed by atoms with E-state index in [2.05, 4.69) is 10.4 Å². The zero-order valence-electron chi connectivity index (χ0n) is 13.7. The summed E-state index contributed by atoms with van der Waals surface area (Å²) in [5.74, 6) is 0.438. The first-order valence-electron chi connectivity index (χ1n) is 8.22. The van der Waals surface area contributed by atoms with Gasteiger partial charge in [0, 0.05) is 17.8 Å². The molecule has 1 N–H and O–H groups in total. The van der Waals surface area contributed by atoms with Crippen LogP contribution in [0.5, 0.6) is 5.88 Å². The second kappa shape index (κ2) is 6.86. The number of rotatable bonds is 5. The number of carbonyl (C=O) groups excluding carboxylic acids is 1. The molecule has 5 nitrogen and oxygen atoms in total. The molecule has 0 bridgehead atoms. The lowest BCUT2D eigenvalue weighted by atomic mass is 10.2. The van der Waals surface area contributed by atoms with Crippen molar-refractivity contribution in [1.82, 2.24) is 15.1 Å². The van der Waals surface area contributed by atoms with Crippen molar-refractivity contribution in [2.75, 3.05) is 0 Å². The molecule has 1 aromatic heterocycles. The van der Waals surface area contributed by atoms with Crippen LogP contribution in [0.4, 0.5) is 0 Å². The summed E-state index contributed by atoms with van der Waals surface area (Å²) >= 11 is 0. The lowest BCUT2D eigenvalue weighted by Crippen LogP contribution is -2.41. The molecule has 0 unspecified atom stereocenters. The molecule has 0 spiro atoms. The highest BCUT2D eigenvalue weighted by atomic mass is 16.5. The van der Waals surface area contributed by atoms with Crippen LogP contribution in [0, 0.1) is 6.92 Å². The van der Waals surface area contributed by atoms with E-state index in [9.17, 15) is 4.79 Å². The number of nitrogens with one attached hydrogen (secondary N) is 1. The Kier molecular flexibility index (Phi) is 4.65. The van der Waals surface area contributed by atoms with Crippen LogP contribution in [0.3, 0.4) is 0 Å². The maximum absolute atomic E-state index is 12.2. The molecule has 0 aliphatic heterocycles. The molecule has 0 radical (unpaired) electrons. The fourth-order valence-electron chi connectivity index (χ4n) is 2.88. The molecule has 1 saturated carbocycles. The molecule has 2 aromatic rings. The number of hydrogen-bond donors (Lipinski definition) is 1. The number of aromatic nitrogens is 2. The predicted octanol–water partition coefficient (Wildman–Crippen LogP) is 3.01. The van der Waals surface area contributed by atoms with Gasteiger partial charge in [-0.1, -0.05) is 31.0 Å². The third-order valence-corrected chi connectivity index (χ3v) is 4.23. The Hall–Kier alpha value is -2.30. The summed E-state index contributed by atoms with van der Waals surface area (Å²) in [5, 5.41) is 7.51. The molecule has 0 saturated heterocycles. The van der Waals surface area contributed by atoms with E-state index in [1.54, 1.807) is 11.6 Å². The average molecular weight is 313 g/mol. The standard InChI is InChI=1S/C18H23N3O2/c1-13-12-21(16-10-4-3-5-11-16)20-18(13)23-14(2)17(22)19-15-8-6-7-9-15/h3-5,10-12,14-15H,6-9H2,1-2H3,(H,19,22)/t14-/m0/s1. The second-order valence-electron chi connectivity index (χ2n) is 6.15. The smallest absolute Gasteiger partial charge is 0.261 e. The van der Waals surface area contributed by atoms with Gasteiger partial charge in [-0.25, -0.2) is 4.68 Å². The van der Waals surface area contributed by atoms with E-state index in [1.807, 2.05) is 43.5 Å². The number of carbonyl (C=O) groups is 1. The van der Waals surface area contributed by atoms with E-state index in [0.29, 0.717) is 11.9 Å². The molecule has 1 aliphatic carbocycles. The Balaban J connectivity index is 1.65. The van der Waals surface area contributed by atoms with Crippen molar-refractivity contribution in [1.29, 1.82) is 0 Å². The van der Waals surface area contributed by atoms with Gasteiger partial charge in [-0.15, -0.1) is 5.10 Å². The van der Waals surface area contributed by atoms with Gasteiger partial charge in [-0.05, 0) is 38.8 Å². The molecule has 1 atom stereocenters. The van der Waals surface area contributed by atoms with Gasteiger partial charge in [0.25, 0.3) is 5.91 Å². The Morgan fingerprint density at radius 2 is 2.00 bits per heavy atom. The van der Waals surface area contributed by atoms with Gasteiger partial charge < -0.3 is 10.1 Å². The molecule has 1 fully saturated rings. The van der Waals surface area contributed by atoms with Crippen LogP contribution in [0.1, 0.15) is 38.2 Å². The number of benzene rings is 1. The lowest BCUT2D eigenvalue weighted by Gasteiger charge is -2.17. The Morgan fingerprint density at radius 1 is 1.30 bits per heavy atom. The van der Waals surface area contributed by atoms with Crippen LogP contribution >= 0.6 is 0 Å². The van der Waals surface area contributed by atoms with Crippen LogP contribution in [0.15, 0.2) is 36.5 Å². The topological polar surface area (TPSA) is 56.2 Å². The maximum atomic E-state index is 12.2. The molecule has 5 heteroatoms. The summed E-state index contributed by atoms with van der Waals surface area (Å²) in [6.07, 6.45) is 5.89. The van der Waals surface area contributed by atoms with Gasteiger partial charge in [-0.3, -0.25) is 4.79 Å². The Morgan fingerprint density at radius 3 is 2.70 bits per heavy atom. The summed E-state index contributed by atoms with van der Waals surface area (Å²) in [6.45, 7) is 3.70. The zero-order chi connectivity index (χ0) is 16.2. The molecule has 1 heterocycles. The Labute approximate surface area is 136 Å². The molecule has 122 valence electrons. The van der Waals surface area contributed by atoms with E-state index < -0.39 is 6.10 Å². The number of aryl methyl sites for hydroxylation is 1. The van der Waals surface area contributed by atoms with E-state index in [0.717, 1.165) is 24.1 Å². The number of para-hydroxylation sites is 1. The minimum Gasteiger partial charge on any atom is -0.463 e. The third-order valence-electron chi connectivity index (χ3n) is 4.23. The summed E-state index contributed by atoms with van der Waals surface area (Å²) in [6, 6.07) is 10.2. The first-order chi connectivity index (χ1) is 11.1. The molecule has 1 aliphatic rings. The monoisotopic (exact) mass is 313 g/mol. The largest absolute Gasteiger partial charge is 0.463 e. The zero-order valence-corrected chi connectivity index (χ0v) is 13.7. The van der Waals surface area contributed by atoms with Crippen LogP contribution in [-0.2, 0) is 4.79 Å². The maximum Gasteiger partial charge on any atom is 0.261 e. The second-order valence-corrected chi connectivity index (χ2v) is 6.15. The number of nitrogens with zero attached hydrogens (tertiary/aromatic N) is 2. The van der Waals surface area contributed by atoms with Crippen molar-refractivity contribution in [3.05, 3.63) is 42.1 Å². The highest BCUT2D eigenvalue weighted by Crippen LogP contribution is 2.20. The van der Waals surface area contributed by atoms with Crippen LogP contribution in [0.25, 0.3) is 5.69 Å². The molecule has 1 aromatic carbocycles. The number of amides is 1. The van der Waals surface area contributed by atoms with Gasteiger partial charge in [0.15, 0.2) is 6.10 Å². The fraction of sp³-hybridized carbons (Fsp3) is 0.444. The number of hydrogen-bond acceptors (Lipinski definition) is 3. The summed E-state index contributed by atoms with van der Waals surface area (Å²) < 4.78 is 7.55. The van der Waals surface area contributed by atoms with E-state index in [1.165, 1.54) is 12.8 Å². The third kappa shape index (κ3) is 3.73. The summed E-state index contributed by atoms with van der Waals surface area (Å²) in [4.78, 5) is 12.2. The Bertz CT molecular complexity index is 660. The summed E-state index contributed by atoms with van der Waals surface area (Å²) in [5.41, 5.74) is 1.88. The van der Waals surface area contributed by atoms with E-state index >= 15 is 0 Å². The van der Waals surface area contributed by atoms with Crippen molar-refractivity contribution in [2.24, 2.45) is 0 Å². The average Bonchev–Trinajstić information content (AvgIpc) is 3.18. The molecular weight excluding hydrogens is 290 g/mol. The minimum absolute atomic E-state index is 0.0643.